The average molecular weight is 292 g/mol. The summed E-state index contributed by atoms with van der Waals surface area (Å²) in [5, 5.41) is 21.2. The van der Waals surface area contributed by atoms with Crippen molar-refractivity contribution in [3.05, 3.63) is 71.3 Å². The van der Waals surface area contributed by atoms with Gasteiger partial charge in [-0.05, 0) is 35.8 Å². The molecule has 0 fully saturated rings. The van der Waals surface area contributed by atoms with E-state index in [-0.39, 0.29) is 11.3 Å². The Bertz CT molecular complexity index is 715. The number of benzene rings is 2. The van der Waals surface area contributed by atoms with Gasteiger partial charge in [0.1, 0.15) is 17.4 Å². The highest BCUT2D eigenvalue weighted by atomic mass is 16.3. The van der Waals surface area contributed by atoms with Crippen molar-refractivity contribution < 1.29 is 9.90 Å². The molecule has 0 aliphatic rings. The average Bonchev–Trinajstić information content (AvgIpc) is 2.53. The highest BCUT2D eigenvalue weighted by Crippen LogP contribution is 2.14. The van der Waals surface area contributed by atoms with Gasteiger partial charge in [0.2, 0.25) is 0 Å². The number of amides is 1. The predicted octanol–water partition coefficient (Wildman–Crippen LogP) is 2.66. The van der Waals surface area contributed by atoms with Gasteiger partial charge in [-0.3, -0.25) is 4.79 Å². The number of rotatable bonds is 5. The molecule has 4 heteroatoms. The van der Waals surface area contributed by atoms with E-state index in [4.69, 9.17) is 5.26 Å². The van der Waals surface area contributed by atoms with Crippen molar-refractivity contribution in [3.63, 3.8) is 0 Å². The zero-order valence-electron chi connectivity index (χ0n) is 12.0. The number of nitriles is 1. The number of phenols is 1. The van der Waals surface area contributed by atoms with E-state index in [1.165, 1.54) is 18.2 Å². The van der Waals surface area contributed by atoms with Crippen LogP contribution in [0.3, 0.4) is 0 Å². The first-order valence-electron chi connectivity index (χ1n) is 6.92. The van der Waals surface area contributed by atoms with E-state index in [0.29, 0.717) is 18.5 Å². The van der Waals surface area contributed by atoms with Crippen LogP contribution in [0.1, 0.15) is 11.1 Å². The first-order valence-corrected chi connectivity index (χ1v) is 6.92. The fraction of sp³-hybridized carbons (Fsp3) is 0.111. The number of phenolic OH excluding ortho intramolecular Hbond substituents is 1. The van der Waals surface area contributed by atoms with Crippen LogP contribution in [0.2, 0.25) is 0 Å². The lowest BCUT2D eigenvalue weighted by Crippen LogP contribution is -2.26. The summed E-state index contributed by atoms with van der Waals surface area (Å²) in [5.41, 5.74) is 1.74. The van der Waals surface area contributed by atoms with Crippen LogP contribution in [-0.4, -0.2) is 17.6 Å². The molecule has 1 amide bonds. The van der Waals surface area contributed by atoms with Crippen molar-refractivity contribution in [2.24, 2.45) is 0 Å². The van der Waals surface area contributed by atoms with Crippen LogP contribution in [0.15, 0.2) is 60.2 Å². The molecule has 4 nitrogen and oxygen atoms in total. The molecule has 0 bridgehead atoms. The Hall–Kier alpha value is -3.06. The van der Waals surface area contributed by atoms with Gasteiger partial charge >= 0.3 is 0 Å². The fourth-order valence-electron chi connectivity index (χ4n) is 1.99. The minimum Gasteiger partial charge on any atom is -0.508 e. The molecule has 2 aromatic rings. The Labute approximate surface area is 129 Å². The smallest absolute Gasteiger partial charge is 0.261 e. The summed E-state index contributed by atoms with van der Waals surface area (Å²) in [6, 6.07) is 18.1. The van der Waals surface area contributed by atoms with Crippen LogP contribution in [0.25, 0.3) is 6.08 Å². The number of nitrogens with one attached hydrogen (secondary N) is 1. The summed E-state index contributed by atoms with van der Waals surface area (Å²) in [5.74, 6) is -0.322. The SMILES string of the molecule is N#CC(=Cc1cccc(O)c1)C(=O)NCCc1ccccc1. The summed E-state index contributed by atoms with van der Waals surface area (Å²) in [7, 11) is 0. The van der Waals surface area contributed by atoms with Gasteiger partial charge < -0.3 is 10.4 Å². The Balaban J connectivity index is 1.96. The molecule has 22 heavy (non-hydrogen) atoms. The van der Waals surface area contributed by atoms with Crippen molar-refractivity contribution in [3.8, 4) is 11.8 Å². The third kappa shape index (κ3) is 4.50. The Morgan fingerprint density at radius 2 is 1.95 bits per heavy atom. The van der Waals surface area contributed by atoms with Crippen LogP contribution in [0, 0.1) is 11.3 Å². The fourth-order valence-corrected chi connectivity index (χ4v) is 1.99. The van der Waals surface area contributed by atoms with E-state index in [1.807, 2.05) is 36.4 Å². The molecular weight excluding hydrogens is 276 g/mol. The lowest BCUT2D eigenvalue weighted by atomic mass is 10.1. The molecule has 0 unspecified atom stereocenters. The topological polar surface area (TPSA) is 73.1 Å². The number of nitrogens with zero attached hydrogens (tertiary/aromatic N) is 1. The largest absolute Gasteiger partial charge is 0.508 e. The van der Waals surface area contributed by atoms with E-state index in [9.17, 15) is 9.90 Å². The van der Waals surface area contributed by atoms with Crippen LogP contribution < -0.4 is 5.32 Å². The summed E-state index contributed by atoms with van der Waals surface area (Å²) >= 11 is 0. The minimum atomic E-state index is -0.415. The molecule has 0 spiro atoms. The van der Waals surface area contributed by atoms with Crippen LogP contribution in [-0.2, 0) is 11.2 Å². The van der Waals surface area contributed by atoms with Gasteiger partial charge in [-0.25, -0.2) is 0 Å². The lowest BCUT2D eigenvalue weighted by Gasteiger charge is -2.04. The zero-order chi connectivity index (χ0) is 15.8. The first-order chi connectivity index (χ1) is 10.7. The molecule has 110 valence electrons. The normalized spacial score (nSPS) is 10.8. The van der Waals surface area contributed by atoms with Gasteiger partial charge in [-0.1, -0.05) is 42.5 Å². The van der Waals surface area contributed by atoms with E-state index in [0.717, 1.165) is 5.56 Å². The minimum absolute atomic E-state index is 0.0126. The number of carbonyl (C=O) groups excluding carboxylic acids is 1. The van der Waals surface area contributed by atoms with Gasteiger partial charge in [0.15, 0.2) is 0 Å². The molecule has 0 saturated heterocycles. The molecule has 2 N–H and O–H groups in total. The maximum absolute atomic E-state index is 12.0. The van der Waals surface area contributed by atoms with E-state index < -0.39 is 5.91 Å². The Morgan fingerprint density at radius 3 is 2.64 bits per heavy atom. The third-order valence-corrected chi connectivity index (χ3v) is 3.09. The van der Waals surface area contributed by atoms with Crippen LogP contribution in [0.4, 0.5) is 0 Å². The van der Waals surface area contributed by atoms with Crippen LogP contribution >= 0.6 is 0 Å². The van der Waals surface area contributed by atoms with Gasteiger partial charge in [0, 0.05) is 6.54 Å². The molecule has 0 heterocycles. The zero-order valence-corrected chi connectivity index (χ0v) is 12.0. The number of hydrogen-bond donors (Lipinski definition) is 2. The van der Waals surface area contributed by atoms with Crippen molar-refractivity contribution >= 4 is 12.0 Å². The van der Waals surface area contributed by atoms with Gasteiger partial charge in [0.25, 0.3) is 5.91 Å². The molecule has 0 aliphatic carbocycles. The van der Waals surface area contributed by atoms with Crippen molar-refractivity contribution in [1.82, 2.24) is 5.32 Å². The monoisotopic (exact) mass is 292 g/mol. The van der Waals surface area contributed by atoms with Gasteiger partial charge in [0.05, 0.1) is 0 Å². The molecule has 0 saturated carbocycles. The molecule has 0 aromatic heterocycles. The van der Waals surface area contributed by atoms with E-state index in [1.54, 1.807) is 12.1 Å². The maximum Gasteiger partial charge on any atom is 0.261 e. The van der Waals surface area contributed by atoms with E-state index in [2.05, 4.69) is 5.32 Å². The predicted molar refractivity (Wildman–Crippen MR) is 84.9 cm³/mol. The first kappa shape index (κ1) is 15.3. The van der Waals surface area contributed by atoms with E-state index >= 15 is 0 Å². The summed E-state index contributed by atoms with van der Waals surface area (Å²) in [6.45, 7) is 0.460. The van der Waals surface area contributed by atoms with Gasteiger partial charge in [-0.15, -0.1) is 0 Å². The second-order valence-corrected chi connectivity index (χ2v) is 4.76. The quantitative estimate of drug-likeness (QED) is 0.657. The Morgan fingerprint density at radius 1 is 1.18 bits per heavy atom. The van der Waals surface area contributed by atoms with Crippen molar-refractivity contribution in [2.75, 3.05) is 6.54 Å². The number of carbonyl (C=O) groups is 1. The van der Waals surface area contributed by atoms with Crippen molar-refractivity contribution in [2.45, 2.75) is 6.42 Å². The standard InChI is InChI=1S/C18H16N2O2/c19-13-16(11-15-7-4-8-17(21)12-15)18(22)20-10-9-14-5-2-1-3-6-14/h1-8,11-12,21H,9-10H2,(H,20,22). The maximum atomic E-state index is 12.0. The highest BCUT2D eigenvalue weighted by Gasteiger charge is 2.08. The van der Waals surface area contributed by atoms with Gasteiger partial charge in [-0.2, -0.15) is 5.26 Å². The molecule has 0 aliphatic heterocycles. The van der Waals surface area contributed by atoms with Crippen molar-refractivity contribution in [1.29, 1.82) is 5.26 Å². The molecule has 2 aromatic carbocycles. The number of aromatic hydroxyl groups is 1. The number of hydrogen-bond acceptors (Lipinski definition) is 3. The summed E-state index contributed by atoms with van der Waals surface area (Å²) in [6.07, 6.45) is 2.16. The summed E-state index contributed by atoms with van der Waals surface area (Å²) < 4.78 is 0. The second-order valence-electron chi connectivity index (χ2n) is 4.76. The third-order valence-electron chi connectivity index (χ3n) is 3.09. The lowest BCUT2D eigenvalue weighted by molar-refractivity contribution is -0.117. The molecule has 0 radical (unpaired) electrons. The molecule has 2 rings (SSSR count). The molecule has 0 atom stereocenters. The van der Waals surface area contributed by atoms with Crippen LogP contribution in [0.5, 0.6) is 5.75 Å². The summed E-state index contributed by atoms with van der Waals surface area (Å²) in [4.78, 5) is 12.0. The highest BCUT2D eigenvalue weighted by molar-refractivity contribution is 6.01. The second kappa shape index (κ2) is 7.65. The molecular formula is C18H16N2O2. The Kier molecular flexibility index (Phi) is 5.33.